The monoisotopic (exact) mass is 381 g/mol. The number of hydrogen-bond donors (Lipinski definition) is 0. The lowest BCUT2D eigenvalue weighted by Crippen LogP contribution is -2.30. The first-order valence-corrected chi connectivity index (χ1v) is 7.39. The molecule has 0 aromatic heterocycles. The predicted molar refractivity (Wildman–Crippen MR) is 87.6 cm³/mol. The molecule has 0 fully saturated rings. The number of benzene rings is 2. The number of carbonyl (C=O) groups excluding carboxylic acids is 1. The molecule has 0 N–H and O–H groups in total. The number of ether oxygens (including phenoxy) is 1. The fourth-order valence-corrected chi connectivity index (χ4v) is 2.09. The van der Waals surface area contributed by atoms with Gasteiger partial charge in [-0.3, -0.25) is 4.79 Å². The van der Waals surface area contributed by atoms with Gasteiger partial charge in [0.15, 0.2) is 6.61 Å². The summed E-state index contributed by atoms with van der Waals surface area (Å²) in [4.78, 5) is 13.7. The predicted octanol–water partition coefficient (Wildman–Crippen LogP) is 3.33. The first kappa shape index (κ1) is 14.8. The summed E-state index contributed by atoms with van der Waals surface area (Å²) < 4.78 is 6.63. The van der Waals surface area contributed by atoms with Gasteiger partial charge < -0.3 is 9.64 Å². The first-order valence-electron chi connectivity index (χ1n) is 6.31. The van der Waals surface area contributed by atoms with E-state index in [9.17, 15) is 4.79 Å². The Labute approximate surface area is 132 Å². The number of nitrogens with zero attached hydrogens (tertiary/aromatic N) is 1. The van der Waals surface area contributed by atoms with Crippen molar-refractivity contribution >= 4 is 28.5 Å². The van der Waals surface area contributed by atoms with Crippen LogP contribution in [0, 0.1) is 3.57 Å². The summed E-state index contributed by atoms with van der Waals surface area (Å²) in [6, 6.07) is 17.5. The van der Waals surface area contributed by atoms with E-state index in [1.807, 2.05) is 54.6 Å². The van der Waals surface area contributed by atoms with Crippen molar-refractivity contribution in [3.8, 4) is 5.75 Å². The maximum atomic E-state index is 12.0. The fraction of sp³-hybridized carbons (Fsp3) is 0.188. The van der Waals surface area contributed by atoms with Crippen LogP contribution in [0.2, 0.25) is 0 Å². The van der Waals surface area contributed by atoms with Crippen LogP contribution in [-0.2, 0) is 11.3 Å². The molecule has 2 rings (SSSR count). The van der Waals surface area contributed by atoms with E-state index in [1.54, 1.807) is 11.9 Å². The van der Waals surface area contributed by atoms with E-state index in [0.29, 0.717) is 12.3 Å². The lowest BCUT2D eigenvalue weighted by atomic mass is 10.2. The molecule has 2 aromatic carbocycles. The number of carbonyl (C=O) groups is 1. The maximum absolute atomic E-state index is 12.0. The molecule has 0 bridgehead atoms. The second-order valence-corrected chi connectivity index (χ2v) is 5.72. The molecule has 0 heterocycles. The van der Waals surface area contributed by atoms with E-state index in [4.69, 9.17) is 4.74 Å². The van der Waals surface area contributed by atoms with Gasteiger partial charge in [-0.1, -0.05) is 30.3 Å². The Kier molecular flexibility index (Phi) is 5.40. The molecule has 20 heavy (non-hydrogen) atoms. The average Bonchev–Trinajstić information content (AvgIpc) is 2.47. The van der Waals surface area contributed by atoms with Crippen molar-refractivity contribution in [1.29, 1.82) is 0 Å². The third kappa shape index (κ3) is 4.52. The van der Waals surface area contributed by atoms with Crippen LogP contribution in [0.4, 0.5) is 0 Å². The summed E-state index contributed by atoms with van der Waals surface area (Å²) >= 11 is 2.23. The van der Waals surface area contributed by atoms with E-state index in [-0.39, 0.29) is 12.5 Å². The average molecular weight is 381 g/mol. The van der Waals surface area contributed by atoms with Gasteiger partial charge in [0, 0.05) is 17.2 Å². The molecule has 0 radical (unpaired) electrons. The number of amides is 1. The first-order chi connectivity index (χ1) is 9.65. The normalized spacial score (nSPS) is 10.1. The number of hydrogen-bond acceptors (Lipinski definition) is 2. The number of likely N-dealkylation sites (N-methyl/N-ethyl adjacent to an activating group) is 1. The zero-order chi connectivity index (χ0) is 14.4. The van der Waals surface area contributed by atoms with Crippen LogP contribution in [0.1, 0.15) is 5.56 Å². The summed E-state index contributed by atoms with van der Waals surface area (Å²) in [7, 11) is 1.78. The van der Waals surface area contributed by atoms with Gasteiger partial charge in [-0.25, -0.2) is 0 Å². The molecule has 104 valence electrons. The Hall–Kier alpha value is -1.56. The SMILES string of the molecule is CN(Cc1ccccc1)C(=O)COc1ccc(I)cc1. The quantitative estimate of drug-likeness (QED) is 0.744. The zero-order valence-electron chi connectivity index (χ0n) is 11.3. The van der Waals surface area contributed by atoms with Gasteiger partial charge in [0.05, 0.1) is 0 Å². The second kappa shape index (κ2) is 7.28. The van der Waals surface area contributed by atoms with Crippen LogP contribution in [0.15, 0.2) is 54.6 Å². The molecule has 4 heteroatoms. The Balaban J connectivity index is 1.83. The van der Waals surface area contributed by atoms with E-state index < -0.39 is 0 Å². The van der Waals surface area contributed by atoms with Crippen LogP contribution in [-0.4, -0.2) is 24.5 Å². The zero-order valence-corrected chi connectivity index (χ0v) is 13.4. The second-order valence-electron chi connectivity index (χ2n) is 4.48. The van der Waals surface area contributed by atoms with Gasteiger partial charge in [-0.15, -0.1) is 0 Å². The molecule has 0 unspecified atom stereocenters. The summed E-state index contributed by atoms with van der Waals surface area (Å²) in [6.07, 6.45) is 0. The molecule has 0 atom stereocenters. The van der Waals surface area contributed by atoms with Crippen molar-refractivity contribution in [3.63, 3.8) is 0 Å². The lowest BCUT2D eigenvalue weighted by molar-refractivity contribution is -0.132. The maximum Gasteiger partial charge on any atom is 0.260 e. The Bertz CT molecular complexity index is 554. The van der Waals surface area contributed by atoms with E-state index in [2.05, 4.69) is 22.6 Å². The largest absolute Gasteiger partial charge is 0.484 e. The van der Waals surface area contributed by atoms with Gasteiger partial charge in [-0.05, 0) is 52.4 Å². The highest BCUT2D eigenvalue weighted by molar-refractivity contribution is 14.1. The third-order valence-electron chi connectivity index (χ3n) is 2.86. The molecule has 1 amide bonds. The highest BCUT2D eigenvalue weighted by Crippen LogP contribution is 2.13. The smallest absolute Gasteiger partial charge is 0.260 e. The van der Waals surface area contributed by atoms with Crippen molar-refractivity contribution in [3.05, 3.63) is 63.7 Å². The number of rotatable bonds is 5. The third-order valence-corrected chi connectivity index (χ3v) is 3.58. The topological polar surface area (TPSA) is 29.5 Å². The van der Waals surface area contributed by atoms with Gasteiger partial charge in [0.1, 0.15) is 5.75 Å². The summed E-state index contributed by atoms with van der Waals surface area (Å²) in [5.74, 6) is 0.680. The van der Waals surface area contributed by atoms with Crippen LogP contribution in [0.5, 0.6) is 5.75 Å². The van der Waals surface area contributed by atoms with E-state index in [0.717, 1.165) is 9.13 Å². The molecule has 0 aliphatic heterocycles. The van der Waals surface area contributed by atoms with Gasteiger partial charge in [0.25, 0.3) is 5.91 Å². The molecule has 2 aromatic rings. The summed E-state index contributed by atoms with van der Waals surface area (Å²) in [5.41, 5.74) is 1.11. The molecule has 3 nitrogen and oxygen atoms in total. The Morgan fingerprint density at radius 1 is 1.10 bits per heavy atom. The highest BCUT2D eigenvalue weighted by Gasteiger charge is 2.09. The summed E-state index contributed by atoms with van der Waals surface area (Å²) in [6.45, 7) is 0.652. The van der Waals surface area contributed by atoms with Crippen molar-refractivity contribution < 1.29 is 9.53 Å². The molecule has 0 saturated carbocycles. The van der Waals surface area contributed by atoms with E-state index in [1.165, 1.54) is 0 Å². The summed E-state index contributed by atoms with van der Waals surface area (Å²) in [5, 5.41) is 0. The standard InChI is InChI=1S/C16H16INO2/c1-18(11-13-5-3-2-4-6-13)16(19)12-20-15-9-7-14(17)8-10-15/h2-10H,11-12H2,1H3. The minimum Gasteiger partial charge on any atom is -0.484 e. The minimum absolute atomic E-state index is 0.0348. The molecule has 0 spiro atoms. The van der Waals surface area contributed by atoms with Gasteiger partial charge in [0.2, 0.25) is 0 Å². The Morgan fingerprint density at radius 2 is 1.75 bits per heavy atom. The van der Waals surface area contributed by atoms with Crippen LogP contribution < -0.4 is 4.74 Å². The Morgan fingerprint density at radius 3 is 2.40 bits per heavy atom. The van der Waals surface area contributed by atoms with Crippen LogP contribution in [0.3, 0.4) is 0 Å². The van der Waals surface area contributed by atoms with Crippen LogP contribution in [0.25, 0.3) is 0 Å². The molecular formula is C16H16INO2. The van der Waals surface area contributed by atoms with Gasteiger partial charge >= 0.3 is 0 Å². The van der Waals surface area contributed by atoms with E-state index >= 15 is 0 Å². The van der Waals surface area contributed by atoms with Crippen molar-refractivity contribution in [2.45, 2.75) is 6.54 Å². The molecule has 0 aliphatic rings. The minimum atomic E-state index is -0.0348. The lowest BCUT2D eigenvalue weighted by Gasteiger charge is -2.17. The molecule has 0 saturated heterocycles. The fourth-order valence-electron chi connectivity index (χ4n) is 1.73. The van der Waals surface area contributed by atoms with Crippen LogP contribution >= 0.6 is 22.6 Å². The molecule has 0 aliphatic carbocycles. The van der Waals surface area contributed by atoms with Crippen molar-refractivity contribution in [2.75, 3.05) is 13.7 Å². The van der Waals surface area contributed by atoms with Gasteiger partial charge in [-0.2, -0.15) is 0 Å². The van der Waals surface area contributed by atoms with Crippen molar-refractivity contribution in [2.24, 2.45) is 0 Å². The number of halogens is 1. The van der Waals surface area contributed by atoms with Crippen molar-refractivity contribution in [1.82, 2.24) is 4.90 Å². The highest BCUT2D eigenvalue weighted by atomic mass is 127. The molecular weight excluding hydrogens is 365 g/mol.